The molecule has 2 aromatic rings. The van der Waals surface area contributed by atoms with Crippen molar-refractivity contribution < 1.29 is 9.18 Å². The lowest BCUT2D eigenvalue weighted by atomic mass is 10.1. The molecule has 0 aromatic heterocycles. The van der Waals surface area contributed by atoms with Crippen molar-refractivity contribution in [3.8, 4) is 0 Å². The summed E-state index contributed by atoms with van der Waals surface area (Å²) in [4.78, 5) is 18.3. The molecule has 1 saturated heterocycles. The first-order valence-electron chi connectivity index (χ1n) is 8.22. The monoisotopic (exact) mass is 361 g/mol. The second-order valence-electron chi connectivity index (χ2n) is 6.32. The molecule has 6 heteroatoms. The van der Waals surface area contributed by atoms with Gasteiger partial charge in [-0.15, -0.1) is 0 Å². The third-order valence-corrected chi connectivity index (χ3v) is 4.65. The van der Waals surface area contributed by atoms with E-state index in [9.17, 15) is 9.18 Å². The zero-order chi connectivity index (χ0) is 18.0. The van der Waals surface area contributed by atoms with Gasteiger partial charge in [-0.2, -0.15) is 0 Å². The topological polar surface area (TPSA) is 26.8 Å². The van der Waals surface area contributed by atoms with E-state index in [1.807, 2.05) is 24.3 Å². The third-order valence-electron chi connectivity index (χ3n) is 4.42. The molecule has 2 aromatic carbocycles. The summed E-state index contributed by atoms with van der Waals surface area (Å²) in [6, 6.07) is 12.4. The van der Waals surface area contributed by atoms with Gasteiger partial charge in [-0.05, 0) is 36.4 Å². The van der Waals surface area contributed by atoms with Crippen LogP contribution < -0.4 is 9.80 Å². The molecule has 0 N–H and O–H groups in total. The Balaban J connectivity index is 1.66. The minimum atomic E-state index is -0.381. The van der Waals surface area contributed by atoms with Gasteiger partial charge in [-0.3, -0.25) is 4.79 Å². The molecule has 1 heterocycles. The Kier molecular flexibility index (Phi) is 5.13. The summed E-state index contributed by atoms with van der Waals surface area (Å²) in [7, 11) is 3.55. The van der Waals surface area contributed by atoms with Crippen molar-refractivity contribution in [2.75, 3.05) is 50.1 Å². The van der Waals surface area contributed by atoms with Gasteiger partial charge >= 0.3 is 0 Å². The number of piperazine rings is 1. The summed E-state index contributed by atoms with van der Waals surface area (Å²) >= 11 is 6.04. The number of carbonyl (C=O) groups is 1. The lowest BCUT2D eigenvalue weighted by Gasteiger charge is -2.36. The number of halogens is 2. The number of rotatable bonds is 3. The summed E-state index contributed by atoms with van der Waals surface area (Å²) in [5.41, 5.74) is 1.92. The molecule has 0 spiro atoms. The zero-order valence-electron chi connectivity index (χ0n) is 14.4. The van der Waals surface area contributed by atoms with Crippen LogP contribution in [0.15, 0.2) is 42.5 Å². The van der Waals surface area contributed by atoms with Crippen LogP contribution in [0.2, 0.25) is 5.02 Å². The Morgan fingerprint density at radius 1 is 1.08 bits per heavy atom. The van der Waals surface area contributed by atoms with Crippen molar-refractivity contribution in [2.24, 2.45) is 0 Å². The number of nitrogens with zero attached hydrogens (tertiary/aromatic N) is 3. The van der Waals surface area contributed by atoms with Gasteiger partial charge < -0.3 is 14.7 Å². The predicted molar refractivity (Wildman–Crippen MR) is 100 cm³/mol. The Bertz CT molecular complexity index is 773. The van der Waals surface area contributed by atoms with E-state index in [4.69, 9.17) is 11.6 Å². The van der Waals surface area contributed by atoms with Gasteiger partial charge in [-0.25, -0.2) is 4.39 Å². The van der Waals surface area contributed by atoms with E-state index in [1.165, 1.54) is 6.07 Å². The van der Waals surface area contributed by atoms with Crippen LogP contribution in [0.3, 0.4) is 0 Å². The minimum Gasteiger partial charge on any atom is -0.375 e. The summed E-state index contributed by atoms with van der Waals surface area (Å²) in [5, 5.41) is 0.701. The van der Waals surface area contributed by atoms with E-state index in [-0.39, 0.29) is 11.7 Å². The van der Waals surface area contributed by atoms with Crippen molar-refractivity contribution in [3.63, 3.8) is 0 Å². The van der Waals surface area contributed by atoms with Crippen LogP contribution in [0.4, 0.5) is 15.8 Å². The van der Waals surface area contributed by atoms with Crippen LogP contribution in [0.1, 0.15) is 10.4 Å². The lowest BCUT2D eigenvalue weighted by Crippen LogP contribution is -2.48. The molecule has 3 rings (SSSR count). The van der Waals surface area contributed by atoms with Gasteiger partial charge in [0.2, 0.25) is 0 Å². The Morgan fingerprint density at radius 3 is 2.40 bits per heavy atom. The van der Waals surface area contributed by atoms with Crippen LogP contribution in [-0.4, -0.2) is 51.1 Å². The van der Waals surface area contributed by atoms with Crippen LogP contribution >= 0.6 is 11.6 Å². The van der Waals surface area contributed by atoms with E-state index in [1.54, 1.807) is 36.0 Å². The maximum atomic E-state index is 14.1. The van der Waals surface area contributed by atoms with Gasteiger partial charge in [0.25, 0.3) is 5.91 Å². The molecule has 132 valence electrons. The average molecular weight is 362 g/mol. The van der Waals surface area contributed by atoms with Crippen molar-refractivity contribution in [1.82, 2.24) is 4.90 Å². The fraction of sp³-hybridized carbons (Fsp3) is 0.316. The fourth-order valence-electron chi connectivity index (χ4n) is 3.03. The van der Waals surface area contributed by atoms with Gasteiger partial charge in [0.1, 0.15) is 5.82 Å². The Labute approximate surface area is 152 Å². The number of benzene rings is 2. The van der Waals surface area contributed by atoms with Crippen molar-refractivity contribution in [3.05, 3.63) is 58.9 Å². The van der Waals surface area contributed by atoms with Crippen LogP contribution in [0.25, 0.3) is 0 Å². The molecule has 4 nitrogen and oxygen atoms in total. The second kappa shape index (κ2) is 7.31. The first kappa shape index (κ1) is 17.5. The highest BCUT2D eigenvalue weighted by Gasteiger charge is 2.23. The molecule has 0 bridgehead atoms. The molecule has 25 heavy (non-hydrogen) atoms. The highest BCUT2D eigenvalue weighted by molar-refractivity contribution is 6.30. The molecule has 0 radical (unpaired) electrons. The number of carbonyl (C=O) groups excluding carboxylic acids is 1. The molecule has 1 fully saturated rings. The maximum absolute atomic E-state index is 14.1. The fourth-order valence-corrected chi connectivity index (χ4v) is 3.21. The quantitative estimate of drug-likeness (QED) is 0.837. The lowest BCUT2D eigenvalue weighted by molar-refractivity contribution is 0.0746. The SMILES string of the molecule is CN(C)c1ccc(C(=O)N2CCN(c3cccc(Cl)c3)CC2)cc1F. The molecule has 1 aliphatic heterocycles. The first-order valence-corrected chi connectivity index (χ1v) is 8.60. The molecule has 1 aliphatic rings. The van der Waals surface area contributed by atoms with E-state index < -0.39 is 0 Å². The van der Waals surface area contributed by atoms with Crippen molar-refractivity contribution in [1.29, 1.82) is 0 Å². The highest BCUT2D eigenvalue weighted by Crippen LogP contribution is 2.22. The number of hydrogen-bond donors (Lipinski definition) is 0. The summed E-state index contributed by atoms with van der Waals surface area (Å²) in [5.74, 6) is -0.511. The van der Waals surface area contributed by atoms with E-state index in [0.29, 0.717) is 29.4 Å². The normalized spacial score (nSPS) is 14.6. The molecular formula is C19H21ClFN3O. The highest BCUT2D eigenvalue weighted by atomic mass is 35.5. The maximum Gasteiger partial charge on any atom is 0.254 e. The van der Waals surface area contributed by atoms with Crippen molar-refractivity contribution >= 4 is 28.9 Å². The number of anilines is 2. The zero-order valence-corrected chi connectivity index (χ0v) is 15.1. The second-order valence-corrected chi connectivity index (χ2v) is 6.76. The van der Waals surface area contributed by atoms with E-state index in [2.05, 4.69) is 4.90 Å². The van der Waals surface area contributed by atoms with Crippen LogP contribution in [0, 0.1) is 5.82 Å². The average Bonchev–Trinajstić information content (AvgIpc) is 2.61. The van der Waals surface area contributed by atoms with E-state index >= 15 is 0 Å². The smallest absolute Gasteiger partial charge is 0.254 e. The predicted octanol–water partition coefficient (Wildman–Crippen LogP) is 3.51. The van der Waals surface area contributed by atoms with Crippen molar-refractivity contribution in [2.45, 2.75) is 0 Å². The Hall–Kier alpha value is -2.27. The third kappa shape index (κ3) is 3.87. The molecule has 1 amide bonds. The Morgan fingerprint density at radius 2 is 1.80 bits per heavy atom. The van der Waals surface area contributed by atoms with Gasteiger partial charge in [0, 0.05) is 56.5 Å². The summed E-state index contributed by atoms with van der Waals surface area (Å²) in [6.45, 7) is 2.65. The van der Waals surface area contributed by atoms with Gasteiger partial charge in [-0.1, -0.05) is 17.7 Å². The minimum absolute atomic E-state index is 0.130. The molecule has 0 unspecified atom stereocenters. The molecule has 0 atom stereocenters. The van der Waals surface area contributed by atoms with Gasteiger partial charge in [0.05, 0.1) is 5.69 Å². The first-order chi connectivity index (χ1) is 12.0. The standard InChI is InChI=1S/C19H21ClFN3O/c1-22(2)18-7-6-14(12-17(18)21)19(25)24-10-8-23(9-11-24)16-5-3-4-15(20)13-16/h3-7,12-13H,8-11H2,1-2H3. The summed E-state index contributed by atoms with van der Waals surface area (Å²) < 4.78 is 14.1. The molecular weight excluding hydrogens is 341 g/mol. The molecule has 0 saturated carbocycles. The summed E-state index contributed by atoms with van der Waals surface area (Å²) in [6.07, 6.45) is 0. The number of hydrogen-bond acceptors (Lipinski definition) is 3. The largest absolute Gasteiger partial charge is 0.375 e. The molecule has 0 aliphatic carbocycles. The van der Waals surface area contributed by atoms with Gasteiger partial charge in [0.15, 0.2) is 0 Å². The van der Waals surface area contributed by atoms with Crippen LogP contribution in [-0.2, 0) is 0 Å². The van der Waals surface area contributed by atoms with Crippen LogP contribution in [0.5, 0.6) is 0 Å². The number of amides is 1. The van der Waals surface area contributed by atoms with E-state index in [0.717, 1.165) is 18.8 Å².